The molecule has 4 nitrogen and oxygen atoms in total. The summed E-state index contributed by atoms with van der Waals surface area (Å²) >= 11 is 0. The maximum atomic E-state index is 6.36. The van der Waals surface area contributed by atoms with Gasteiger partial charge in [-0.2, -0.15) is 0 Å². The van der Waals surface area contributed by atoms with Crippen molar-refractivity contribution in [3.05, 3.63) is 76.7 Å². The molecule has 1 heterocycles. The lowest BCUT2D eigenvalue weighted by atomic mass is 9.78. The van der Waals surface area contributed by atoms with Crippen molar-refractivity contribution in [1.29, 1.82) is 0 Å². The summed E-state index contributed by atoms with van der Waals surface area (Å²) in [4.78, 5) is 7.48. The molecule has 2 aromatic carbocycles. The second-order valence-corrected chi connectivity index (χ2v) is 13.7. The number of hydrogen-bond acceptors (Lipinski definition) is 4. The van der Waals surface area contributed by atoms with Gasteiger partial charge in [0.05, 0.1) is 12.3 Å². The Morgan fingerprint density at radius 3 is 1.95 bits per heavy atom. The number of rotatable bonds is 15. The number of oxazole rings is 1. The largest absolute Gasteiger partial charge is 0.493 e. The van der Waals surface area contributed by atoms with Crippen LogP contribution in [-0.4, -0.2) is 29.6 Å². The molecule has 4 heteroatoms. The molecule has 0 spiro atoms. The second-order valence-electron chi connectivity index (χ2n) is 13.7. The minimum Gasteiger partial charge on any atom is -0.493 e. The van der Waals surface area contributed by atoms with E-state index in [1.807, 2.05) is 0 Å². The van der Waals surface area contributed by atoms with Crippen molar-refractivity contribution in [2.45, 2.75) is 118 Å². The van der Waals surface area contributed by atoms with Gasteiger partial charge in [-0.25, -0.2) is 4.98 Å². The van der Waals surface area contributed by atoms with Gasteiger partial charge in [-0.15, -0.1) is 0 Å². The number of aromatic nitrogens is 1. The van der Waals surface area contributed by atoms with Gasteiger partial charge >= 0.3 is 0 Å². The zero-order valence-electron chi connectivity index (χ0n) is 28.0. The smallest absolute Gasteiger partial charge is 0.226 e. The van der Waals surface area contributed by atoms with Gasteiger partial charge < -0.3 is 9.15 Å². The lowest BCUT2D eigenvalue weighted by molar-refractivity contribution is 0.257. The lowest BCUT2D eigenvalue weighted by Crippen LogP contribution is -2.25. The molecule has 0 radical (unpaired) electrons. The van der Waals surface area contributed by atoms with Crippen LogP contribution in [0.2, 0.25) is 0 Å². The molecule has 0 aliphatic rings. The van der Waals surface area contributed by atoms with Crippen molar-refractivity contribution in [2.24, 2.45) is 0 Å². The lowest BCUT2D eigenvalue weighted by Gasteiger charge is -2.30. The molecule has 0 amide bonds. The number of hydrogen-bond donors (Lipinski definition) is 0. The molecule has 3 aromatic rings. The van der Waals surface area contributed by atoms with E-state index in [9.17, 15) is 0 Å². The topological polar surface area (TPSA) is 38.5 Å². The minimum absolute atomic E-state index is 0.0733. The summed E-state index contributed by atoms with van der Waals surface area (Å²) in [5, 5.41) is 0. The molecule has 0 aliphatic heterocycles. The van der Waals surface area contributed by atoms with E-state index in [4.69, 9.17) is 14.1 Å². The quantitative estimate of drug-likeness (QED) is 0.182. The summed E-state index contributed by atoms with van der Waals surface area (Å²) in [6.07, 6.45) is 12.9. The number of benzene rings is 2. The highest BCUT2D eigenvalue weighted by atomic mass is 16.5. The molecule has 0 N–H and O–H groups in total. The monoisotopic (exact) mass is 572 g/mol. The van der Waals surface area contributed by atoms with Crippen molar-refractivity contribution in [2.75, 3.05) is 19.7 Å². The maximum absolute atomic E-state index is 6.36. The molecule has 0 atom stereocenters. The van der Waals surface area contributed by atoms with Crippen molar-refractivity contribution < 1.29 is 9.15 Å². The highest BCUT2D eigenvalue weighted by Crippen LogP contribution is 2.42. The number of allylic oxidation sites excluding steroid dienone is 1. The average Bonchev–Trinajstić information content (AvgIpc) is 3.41. The first-order valence-corrected chi connectivity index (χ1v) is 16.2. The summed E-state index contributed by atoms with van der Waals surface area (Å²) in [5.41, 5.74) is 6.78. The van der Waals surface area contributed by atoms with Gasteiger partial charge in [0, 0.05) is 29.7 Å². The van der Waals surface area contributed by atoms with E-state index in [0.29, 0.717) is 12.5 Å². The average molecular weight is 573 g/mol. The molecule has 42 heavy (non-hydrogen) atoms. The Kier molecular flexibility index (Phi) is 12.5. The summed E-state index contributed by atoms with van der Waals surface area (Å²) in [7, 11) is 0. The van der Waals surface area contributed by atoms with Crippen molar-refractivity contribution >= 4 is 6.08 Å². The third-order valence-corrected chi connectivity index (χ3v) is 7.63. The molecule has 0 bridgehead atoms. The molecule has 0 unspecified atom stereocenters. The summed E-state index contributed by atoms with van der Waals surface area (Å²) < 4.78 is 12.4. The zero-order chi connectivity index (χ0) is 30.8. The Bertz CT molecular complexity index is 1210. The van der Waals surface area contributed by atoms with Crippen LogP contribution in [0.3, 0.4) is 0 Å². The fraction of sp³-hybridized carbons (Fsp3) is 0.553. The van der Waals surface area contributed by atoms with Gasteiger partial charge in [-0.05, 0) is 66.4 Å². The van der Waals surface area contributed by atoms with Crippen LogP contribution in [0.5, 0.6) is 5.75 Å². The van der Waals surface area contributed by atoms with E-state index >= 15 is 0 Å². The van der Waals surface area contributed by atoms with Crippen LogP contribution in [0.25, 0.3) is 17.5 Å². The highest BCUT2D eigenvalue weighted by molar-refractivity contribution is 5.63. The fourth-order valence-corrected chi connectivity index (χ4v) is 5.10. The van der Waals surface area contributed by atoms with Crippen LogP contribution in [-0.2, 0) is 23.8 Å². The van der Waals surface area contributed by atoms with E-state index in [1.54, 1.807) is 6.26 Å². The van der Waals surface area contributed by atoms with E-state index in [1.165, 1.54) is 61.0 Å². The highest BCUT2D eigenvalue weighted by Gasteiger charge is 2.29. The molecular formula is C38H56N2O2. The van der Waals surface area contributed by atoms with Crippen molar-refractivity contribution in [1.82, 2.24) is 9.88 Å². The van der Waals surface area contributed by atoms with Gasteiger partial charge in [0.25, 0.3) is 0 Å². The molecule has 0 saturated heterocycles. The molecule has 1 aromatic heterocycles. The van der Waals surface area contributed by atoms with Crippen LogP contribution in [0.15, 0.2) is 53.2 Å². The summed E-state index contributed by atoms with van der Waals surface area (Å²) in [6, 6.07) is 13.4. The van der Waals surface area contributed by atoms with Crippen molar-refractivity contribution in [3.8, 4) is 17.2 Å². The van der Waals surface area contributed by atoms with Gasteiger partial charge in [-0.1, -0.05) is 112 Å². The normalized spacial score (nSPS) is 12.5. The third-order valence-electron chi connectivity index (χ3n) is 7.63. The molecule has 0 fully saturated rings. The van der Waals surface area contributed by atoms with Crippen LogP contribution < -0.4 is 4.74 Å². The predicted molar refractivity (Wildman–Crippen MR) is 179 cm³/mol. The second kappa shape index (κ2) is 15.6. The Labute approximate surface area is 256 Å². The third kappa shape index (κ3) is 9.87. The van der Waals surface area contributed by atoms with Gasteiger partial charge in [0.2, 0.25) is 5.89 Å². The SMILES string of the molecule is CCCCN(CCCC)Cc1ccc(C=CCc2coc(-c3cc(C(C)(C)C)c(OCCC)c(C(C)(C)C)c3)n2)cc1. The van der Waals surface area contributed by atoms with E-state index in [0.717, 1.165) is 36.4 Å². The maximum Gasteiger partial charge on any atom is 0.226 e. The van der Waals surface area contributed by atoms with Crippen LogP contribution >= 0.6 is 0 Å². The Hall–Kier alpha value is -2.85. The van der Waals surface area contributed by atoms with Crippen LogP contribution in [0.1, 0.15) is 122 Å². The number of ether oxygens (including phenoxy) is 1. The van der Waals surface area contributed by atoms with Gasteiger partial charge in [-0.3, -0.25) is 4.90 Å². The standard InChI is InChI=1S/C38H56N2O2/c1-10-13-22-40(23-14-11-2)27-30-20-18-29(19-21-30)16-15-17-32-28-42-36(39-32)31-25-33(37(4,5)6)35(41-24-12-3)34(26-31)38(7,8)9/h15-16,18-21,25-26,28H,10-14,17,22-24,27H2,1-9H3. The van der Waals surface area contributed by atoms with Crippen LogP contribution in [0, 0.1) is 0 Å². The molecular weight excluding hydrogens is 516 g/mol. The minimum atomic E-state index is -0.0733. The first-order chi connectivity index (χ1) is 20.0. The number of nitrogens with zero attached hydrogens (tertiary/aromatic N) is 2. The fourth-order valence-electron chi connectivity index (χ4n) is 5.10. The summed E-state index contributed by atoms with van der Waals surface area (Å²) in [5.74, 6) is 1.67. The van der Waals surface area contributed by atoms with Gasteiger partial charge in [0.15, 0.2) is 0 Å². The molecule has 0 saturated carbocycles. The first kappa shape index (κ1) is 33.6. The Balaban J connectivity index is 1.74. The predicted octanol–water partition coefficient (Wildman–Crippen LogP) is 10.4. The number of unbranched alkanes of at least 4 members (excludes halogenated alkanes) is 2. The molecule has 3 rings (SSSR count). The Morgan fingerprint density at radius 1 is 0.833 bits per heavy atom. The van der Waals surface area contributed by atoms with E-state index in [-0.39, 0.29) is 10.8 Å². The van der Waals surface area contributed by atoms with E-state index < -0.39 is 0 Å². The zero-order valence-corrected chi connectivity index (χ0v) is 28.0. The van der Waals surface area contributed by atoms with Crippen LogP contribution in [0.4, 0.5) is 0 Å². The van der Waals surface area contributed by atoms with E-state index in [2.05, 4.69) is 116 Å². The van der Waals surface area contributed by atoms with Crippen molar-refractivity contribution in [3.63, 3.8) is 0 Å². The first-order valence-electron chi connectivity index (χ1n) is 16.2. The Morgan fingerprint density at radius 2 is 1.43 bits per heavy atom. The molecule has 0 aliphatic carbocycles. The van der Waals surface area contributed by atoms with Gasteiger partial charge in [0.1, 0.15) is 12.0 Å². The molecule has 230 valence electrons. The summed E-state index contributed by atoms with van der Waals surface area (Å²) in [6.45, 7) is 24.2.